The molecule has 0 bridgehead atoms. The van der Waals surface area contributed by atoms with Gasteiger partial charge in [-0.15, -0.1) is 0 Å². The monoisotopic (exact) mass is 242 g/mol. The van der Waals surface area contributed by atoms with E-state index in [0.717, 1.165) is 4.47 Å². The molecule has 1 unspecified atom stereocenters. The number of rotatable bonds is 2. The topological polar surface area (TPSA) is 35.8 Å². The van der Waals surface area contributed by atoms with E-state index in [9.17, 15) is 4.39 Å². The van der Waals surface area contributed by atoms with E-state index >= 15 is 0 Å². The van der Waals surface area contributed by atoms with Crippen LogP contribution in [-0.4, -0.2) is 6.04 Å². The molecule has 1 N–H and O–H groups in total. The normalized spacial score (nSPS) is 11.8. The zero-order valence-corrected chi connectivity index (χ0v) is 8.60. The summed E-state index contributed by atoms with van der Waals surface area (Å²) in [6.45, 7) is 1.67. The van der Waals surface area contributed by atoms with Crippen LogP contribution in [0.2, 0.25) is 0 Å². The van der Waals surface area contributed by atoms with Gasteiger partial charge in [-0.2, -0.15) is 5.26 Å². The maximum Gasteiger partial charge on any atom is 0.146 e. The van der Waals surface area contributed by atoms with Gasteiger partial charge in [0.15, 0.2) is 0 Å². The molecule has 1 aromatic carbocycles. The van der Waals surface area contributed by atoms with Crippen molar-refractivity contribution in [2.75, 3.05) is 5.32 Å². The highest BCUT2D eigenvalue weighted by molar-refractivity contribution is 9.10. The first-order chi connectivity index (χ1) is 6.13. The van der Waals surface area contributed by atoms with Gasteiger partial charge in [0.05, 0.1) is 11.8 Å². The second-order valence-electron chi connectivity index (χ2n) is 2.62. The van der Waals surface area contributed by atoms with Crippen molar-refractivity contribution in [2.24, 2.45) is 0 Å². The Kier molecular flexibility index (Phi) is 3.26. The first kappa shape index (κ1) is 10.0. The van der Waals surface area contributed by atoms with Gasteiger partial charge < -0.3 is 5.32 Å². The highest BCUT2D eigenvalue weighted by Crippen LogP contribution is 2.20. The predicted molar refractivity (Wildman–Crippen MR) is 52.8 cm³/mol. The molecule has 1 rings (SSSR count). The molecule has 0 aliphatic rings. The number of anilines is 1. The van der Waals surface area contributed by atoms with Crippen LogP contribution in [0, 0.1) is 17.1 Å². The first-order valence-electron chi connectivity index (χ1n) is 3.74. The molecule has 68 valence electrons. The largest absolute Gasteiger partial charge is 0.368 e. The van der Waals surface area contributed by atoms with Gasteiger partial charge in [0.1, 0.15) is 11.9 Å². The van der Waals surface area contributed by atoms with Gasteiger partial charge in [-0.3, -0.25) is 0 Å². The third-order valence-corrected chi connectivity index (χ3v) is 1.99. The van der Waals surface area contributed by atoms with E-state index in [2.05, 4.69) is 21.2 Å². The fourth-order valence-corrected chi connectivity index (χ4v) is 1.23. The van der Waals surface area contributed by atoms with Crippen LogP contribution in [-0.2, 0) is 0 Å². The lowest BCUT2D eigenvalue weighted by Crippen LogP contribution is -2.13. The molecule has 0 saturated heterocycles. The molecule has 0 radical (unpaired) electrons. The van der Waals surface area contributed by atoms with Gasteiger partial charge in [0, 0.05) is 4.47 Å². The number of halogens is 2. The zero-order chi connectivity index (χ0) is 9.84. The van der Waals surface area contributed by atoms with Crippen molar-refractivity contribution in [2.45, 2.75) is 13.0 Å². The van der Waals surface area contributed by atoms with Crippen molar-refractivity contribution in [3.63, 3.8) is 0 Å². The van der Waals surface area contributed by atoms with Gasteiger partial charge in [-0.1, -0.05) is 15.9 Å². The number of nitrogens with one attached hydrogen (secondary N) is 1. The summed E-state index contributed by atoms with van der Waals surface area (Å²) in [5.74, 6) is -0.356. The Bertz CT molecular complexity index is 346. The molecular formula is C9H8BrFN2. The van der Waals surface area contributed by atoms with E-state index in [0.29, 0.717) is 5.69 Å². The Hall–Kier alpha value is -1.08. The van der Waals surface area contributed by atoms with Crippen LogP contribution in [0.4, 0.5) is 10.1 Å². The van der Waals surface area contributed by atoms with Crippen molar-refractivity contribution < 1.29 is 4.39 Å². The molecule has 0 fully saturated rings. The third kappa shape index (κ3) is 2.71. The molecule has 0 amide bonds. The number of benzene rings is 1. The molecule has 4 heteroatoms. The van der Waals surface area contributed by atoms with Crippen molar-refractivity contribution in [1.29, 1.82) is 5.26 Å². The molecule has 13 heavy (non-hydrogen) atoms. The Morgan fingerprint density at radius 2 is 2.31 bits per heavy atom. The molecule has 0 aliphatic heterocycles. The van der Waals surface area contributed by atoms with E-state index in [-0.39, 0.29) is 5.82 Å². The highest BCUT2D eigenvalue weighted by Gasteiger charge is 2.05. The average Bonchev–Trinajstić information content (AvgIpc) is 2.11. The summed E-state index contributed by atoms with van der Waals surface area (Å²) >= 11 is 3.22. The van der Waals surface area contributed by atoms with Gasteiger partial charge in [0.2, 0.25) is 0 Å². The standard InChI is InChI=1S/C9H8BrFN2/c1-6(5-12)13-9-4-7(10)2-3-8(9)11/h2-4,6,13H,1H3. The second-order valence-corrected chi connectivity index (χ2v) is 3.53. The van der Waals surface area contributed by atoms with Gasteiger partial charge in [-0.25, -0.2) is 4.39 Å². The fraction of sp³-hybridized carbons (Fsp3) is 0.222. The molecule has 0 spiro atoms. The number of nitrogens with zero attached hydrogens (tertiary/aromatic N) is 1. The van der Waals surface area contributed by atoms with Crippen LogP contribution < -0.4 is 5.32 Å². The summed E-state index contributed by atoms with van der Waals surface area (Å²) in [7, 11) is 0. The Morgan fingerprint density at radius 1 is 1.62 bits per heavy atom. The summed E-state index contributed by atoms with van der Waals surface area (Å²) in [6, 6.07) is 6.12. The van der Waals surface area contributed by atoms with Crippen molar-refractivity contribution in [1.82, 2.24) is 0 Å². The Labute approximate surface area is 84.5 Å². The van der Waals surface area contributed by atoms with E-state index < -0.39 is 6.04 Å². The van der Waals surface area contributed by atoms with Gasteiger partial charge in [0.25, 0.3) is 0 Å². The molecule has 1 atom stereocenters. The van der Waals surface area contributed by atoms with Crippen LogP contribution in [0.25, 0.3) is 0 Å². The maximum absolute atomic E-state index is 13.1. The molecule has 0 heterocycles. The molecule has 0 aromatic heterocycles. The first-order valence-corrected chi connectivity index (χ1v) is 4.54. The second kappa shape index (κ2) is 4.24. The summed E-state index contributed by atoms with van der Waals surface area (Å²) in [5, 5.41) is 11.2. The van der Waals surface area contributed by atoms with Crippen molar-refractivity contribution in [3.8, 4) is 6.07 Å². The minimum Gasteiger partial charge on any atom is -0.368 e. The molecule has 1 aromatic rings. The van der Waals surface area contributed by atoms with E-state index in [1.54, 1.807) is 19.1 Å². The smallest absolute Gasteiger partial charge is 0.146 e. The maximum atomic E-state index is 13.1. The van der Waals surface area contributed by atoms with Crippen LogP contribution in [0.15, 0.2) is 22.7 Å². The van der Waals surface area contributed by atoms with E-state index in [1.165, 1.54) is 6.07 Å². The average molecular weight is 243 g/mol. The molecule has 0 saturated carbocycles. The van der Waals surface area contributed by atoms with Gasteiger partial charge >= 0.3 is 0 Å². The quantitative estimate of drug-likeness (QED) is 0.866. The molecular weight excluding hydrogens is 235 g/mol. The summed E-state index contributed by atoms with van der Waals surface area (Å²) in [6.07, 6.45) is 0. The van der Waals surface area contributed by atoms with Gasteiger partial charge in [-0.05, 0) is 25.1 Å². The highest BCUT2D eigenvalue weighted by atomic mass is 79.9. The predicted octanol–water partition coefficient (Wildman–Crippen LogP) is 2.91. The van der Waals surface area contributed by atoms with Crippen LogP contribution in [0.5, 0.6) is 0 Å². The van der Waals surface area contributed by atoms with E-state index in [1.807, 2.05) is 6.07 Å². The summed E-state index contributed by atoms with van der Waals surface area (Å²) in [5.41, 5.74) is 0.337. The number of hydrogen-bond acceptors (Lipinski definition) is 2. The summed E-state index contributed by atoms with van der Waals surface area (Å²) < 4.78 is 13.9. The van der Waals surface area contributed by atoms with Crippen LogP contribution >= 0.6 is 15.9 Å². The molecule has 0 aliphatic carbocycles. The van der Waals surface area contributed by atoms with Crippen molar-refractivity contribution in [3.05, 3.63) is 28.5 Å². The van der Waals surface area contributed by atoms with Crippen LogP contribution in [0.1, 0.15) is 6.92 Å². The Balaban J connectivity index is 2.88. The molecule has 2 nitrogen and oxygen atoms in total. The zero-order valence-electron chi connectivity index (χ0n) is 7.01. The SMILES string of the molecule is CC(C#N)Nc1cc(Br)ccc1F. The minimum atomic E-state index is -0.399. The lowest BCUT2D eigenvalue weighted by molar-refractivity contribution is 0.629. The van der Waals surface area contributed by atoms with Crippen LogP contribution in [0.3, 0.4) is 0 Å². The van der Waals surface area contributed by atoms with Crippen molar-refractivity contribution >= 4 is 21.6 Å². The number of hydrogen-bond donors (Lipinski definition) is 1. The summed E-state index contributed by atoms with van der Waals surface area (Å²) in [4.78, 5) is 0. The third-order valence-electron chi connectivity index (χ3n) is 1.49. The fourth-order valence-electron chi connectivity index (χ4n) is 0.874. The Morgan fingerprint density at radius 3 is 2.92 bits per heavy atom. The number of nitriles is 1. The lowest BCUT2D eigenvalue weighted by atomic mass is 10.2. The van der Waals surface area contributed by atoms with E-state index in [4.69, 9.17) is 5.26 Å². The lowest BCUT2D eigenvalue weighted by Gasteiger charge is -2.08. The minimum absolute atomic E-state index is 0.337.